The van der Waals surface area contributed by atoms with E-state index in [0.717, 1.165) is 21.9 Å². The SMILES string of the molecule is Cc1ccc(N([C@@H](C)C(=O)NCCSC(C)(C)C)S(C)(=O)=O)cc1Cl. The molecule has 0 unspecified atom stereocenters. The highest BCUT2D eigenvalue weighted by Crippen LogP contribution is 2.27. The Morgan fingerprint density at radius 3 is 2.44 bits per heavy atom. The number of rotatable bonds is 7. The number of amides is 1. The van der Waals surface area contributed by atoms with Gasteiger partial charge in [0.25, 0.3) is 0 Å². The molecule has 0 aliphatic heterocycles. The number of carbonyl (C=O) groups excluding carboxylic acids is 1. The second-order valence-electron chi connectivity index (χ2n) is 6.92. The lowest BCUT2D eigenvalue weighted by Gasteiger charge is -2.28. The predicted molar refractivity (Wildman–Crippen MR) is 108 cm³/mol. The first kappa shape index (κ1) is 22.1. The molecule has 0 aromatic heterocycles. The number of aryl methyl sites for hydroxylation is 1. The zero-order chi connectivity index (χ0) is 19.4. The van der Waals surface area contributed by atoms with Crippen LogP contribution in [0.3, 0.4) is 0 Å². The Morgan fingerprint density at radius 2 is 1.96 bits per heavy atom. The molecule has 1 aromatic carbocycles. The second-order valence-corrected chi connectivity index (χ2v) is 11.1. The zero-order valence-electron chi connectivity index (χ0n) is 15.6. The lowest BCUT2D eigenvalue weighted by atomic mass is 10.2. The van der Waals surface area contributed by atoms with E-state index in [-0.39, 0.29) is 10.7 Å². The fourth-order valence-corrected chi connectivity index (χ4v) is 4.36. The van der Waals surface area contributed by atoms with E-state index >= 15 is 0 Å². The lowest BCUT2D eigenvalue weighted by molar-refractivity contribution is -0.121. The minimum Gasteiger partial charge on any atom is -0.353 e. The van der Waals surface area contributed by atoms with Gasteiger partial charge in [-0.25, -0.2) is 8.42 Å². The normalized spacial score (nSPS) is 13.4. The molecule has 0 radical (unpaired) electrons. The molecule has 0 heterocycles. The summed E-state index contributed by atoms with van der Waals surface area (Å²) in [5.41, 5.74) is 1.22. The van der Waals surface area contributed by atoms with Gasteiger partial charge in [0.15, 0.2) is 0 Å². The summed E-state index contributed by atoms with van der Waals surface area (Å²) in [6.07, 6.45) is 1.08. The monoisotopic (exact) mass is 406 g/mol. The molecule has 0 bridgehead atoms. The van der Waals surface area contributed by atoms with Gasteiger partial charge in [0, 0.05) is 22.1 Å². The molecule has 25 heavy (non-hydrogen) atoms. The molecule has 1 aromatic rings. The molecule has 8 heteroatoms. The molecule has 0 saturated heterocycles. The van der Waals surface area contributed by atoms with Gasteiger partial charge in [-0.1, -0.05) is 38.4 Å². The van der Waals surface area contributed by atoms with Crippen LogP contribution in [-0.4, -0.2) is 43.7 Å². The lowest BCUT2D eigenvalue weighted by Crippen LogP contribution is -2.48. The van der Waals surface area contributed by atoms with Gasteiger partial charge in [-0.15, -0.1) is 0 Å². The number of halogens is 1. The molecule has 0 aliphatic carbocycles. The van der Waals surface area contributed by atoms with Crippen molar-refractivity contribution in [2.75, 3.05) is 22.9 Å². The molecule has 1 rings (SSSR count). The van der Waals surface area contributed by atoms with Crippen molar-refractivity contribution in [1.29, 1.82) is 0 Å². The fraction of sp³-hybridized carbons (Fsp3) is 0.588. The predicted octanol–water partition coefficient (Wildman–Crippen LogP) is 3.45. The van der Waals surface area contributed by atoms with E-state index in [1.54, 1.807) is 36.9 Å². The average molecular weight is 407 g/mol. The van der Waals surface area contributed by atoms with Crippen molar-refractivity contribution in [1.82, 2.24) is 5.32 Å². The Morgan fingerprint density at radius 1 is 1.36 bits per heavy atom. The minimum absolute atomic E-state index is 0.119. The first-order valence-electron chi connectivity index (χ1n) is 8.00. The Labute approximate surface area is 160 Å². The highest BCUT2D eigenvalue weighted by molar-refractivity contribution is 8.00. The van der Waals surface area contributed by atoms with Crippen LogP contribution in [0.5, 0.6) is 0 Å². The number of hydrogen-bond donors (Lipinski definition) is 1. The summed E-state index contributed by atoms with van der Waals surface area (Å²) in [5, 5.41) is 3.26. The van der Waals surface area contributed by atoms with Gasteiger partial charge >= 0.3 is 0 Å². The summed E-state index contributed by atoms with van der Waals surface area (Å²) in [7, 11) is -3.64. The van der Waals surface area contributed by atoms with Crippen LogP contribution in [0, 0.1) is 6.92 Å². The molecule has 0 aliphatic rings. The van der Waals surface area contributed by atoms with Gasteiger partial charge in [0.05, 0.1) is 11.9 Å². The van der Waals surface area contributed by atoms with E-state index in [1.165, 1.54) is 0 Å². The van der Waals surface area contributed by atoms with Crippen molar-refractivity contribution in [3.8, 4) is 0 Å². The number of sulfonamides is 1. The maximum absolute atomic E-state index is 12.4. The number of hydrogen-bond acceptors (Lipinski definition) is 4. The van der Waals surface area contributed by atoms with Gasteiger partial charge in [-0.2, -0.15) is 11.8 Å². The smallest absolute Gasteiger partial charge is 0.243 e. The number of thioether (sulfide) groups is 1. The number of benzene rings is 1. The summed E-state index contributed by atoms with van der Waals surface area (Å²) in [6.45, 7) is 10.2. The second kappa shape index (κ2) is 8.64. The molecule has 1 amide bonds. The third-order valence-corrected chi connectivity index (χ3v) is 6.36. The largest absolute Gasteiger partial charge is 0.353 e. The summed E-state index contributed by atoms with van der Waals surface area (Å²) < 4.78 is 25.7. The number of anilines is 1. The van der Waals surface area contributed by atoms with Crippen molar-refractivity contribution in [2.24, 2.45) is 0 Å². The summed E-state index contributed by atoms with van der Waals surface area (Å²) in [4.78, 5) is 12.4. The van der Waals surface area contributed by atoms with Crippen LogP contribution in [0.4, 0.5) is 5.69 Å². The molecule has 0 spiro atoms. The van der Waals surface area contributed by atoms with Crippen LogP contribution >= 0.6 is 23.4 Å². The Balaban J connectivity index is 2.89. The van der Waals surface area contributed by atoms with Crippen LogP contribution in [0.2, 0.25) is 5.02 Å². The summed E-state index contributed by atoms with van der Waals surface area (Å²) >= 11 is 7.85. The van der Waals surface area contributed by atoms with Gasteiger partial charge < -0.3 is 5.32 Å². The number of carbonyl (C=O) groups is 1. The highest BCUT2D eigenvalue weighted by Gasteiger charge is 2.29. The van der Waals surface area contributed by atoms with Crippen molar-refractivity contribution >= 4 is 45.0 Å². The third kappa shape index (κ3) is 7.07. The van der Waals surface area contributed by atoms with E-state index in [9.17, 15) is 13.2 Å². The fourth-order valence-electron chi connectivity index (χ4n) is 2.21. The molecule has 5 nitrogen and oxygen atoms in total. The van der Waals surface area contributed by atoms with Gasteiger partial charge in [-0.3, -0.25) is 9.10 Å². The quantitative estimate of drug-likeness (QED) is 0.704. The Hall–Kier alpha value is -0.920. The molecular weight excluding hydrogens is 380 g/mol. The van der Waals surface area contributed by atoms with E-state index < -0.39 is 16.1 Å². The first-order valence-corrected chi connectivity index (χ1v) is 11.2. The summed E-state index contributed by atoms with van der Waals surface area (Å²) in [5.74, 6) is 0.425. The van der Waals surface area contributed by atoms with Gasteiger partial charge in [0.1, 0.15) is 6.04 Å². The van der Waals surface area contributed by atoms with E-state index in [4.69, 9.17) is 11.6 Å². The highest BCUT2D eigenvalue weighted by atomic mass is 35.5. The number of nitrogens with zero attached hydrogens (tertiary/aromatic N) is 1. The van der Waals surface area contributed by atoms with Crippen molar-refractivity contribution in [2.45, 2.75) is 45.4 Å². The van der Waals surface area contributed by atoms with Gasteiger partial charge in [0.2, 0.25) is 15.9 Å². The molecule has 0 saturated carbocycles. The van der Waals surface area contributed by atoms with Crippen molar-refractivity contribution in [3.63, 3.8) is 0 Å². The van der Waals surface area contributed by atoms with Crippen LogP contribution in [0.15, 0.2) is 18.2 Å². The zero-order valence-corrected chi connectivity index (χ0v) is 18.0. The van der Waals surface area contributed by atoms with Crippen LogP contribution in [0.1, 0.15) is 33.3 Å². The maximum Gasteiger partial charge on any atom is 0.243 e. The molecule has 0 fully saturated rings. The Bertz CT molecular complexity index is 715. The first-order chi connectivity index (χ1) is 11.3. The Kier molecular flexibility index (Phi) is 7.65. The molecule has 142 valence electrons. The maximum atomic E-state index is 12.4. The van der Waals surface area contributed by atoms with Crippen LogP contribution in [-0.2, 0) is 14.8 Å². The molecular formula is C17H27ClN2O3S2. The van der Waals surface area contributed by atoms with Crippen LogP contribution in [0.25, 0.3) is 0 Å². The minimum atomic E-state index is -3.64. The van der Waals surface area contributed by atoms with E-state index in [2.05, 4.69) is 26.1 Å². The van der Waals surface area contributed by atoms with Crippen LogP contribution < -0.4 is 9.62 Å². The molecule has 1 N–H and O–H groups in total. The average Bonchev–Trinajstić information content (AvgIpc) is 2.44. The van der Waals surface area contributed by atoms with Gasteiger partial charge in [-0.05, 0) is 31.5 Å². The van der Waals surface area contributed by atoms with E-state index in [1.807, 2.05) is 6.92 Å². The van der Waals surface area contributed by atoms with Crippen molar-refractivity contribution < 1.29 is 13.2 Å². The van der Waals surface area contributed by atoms with E-state index in [0.29, 0.717) is 17.3 Å². The number of nitrogens with one attached hydrogen (secondary N) is 1. The standard InChI is InChI=1S/C17H27ClN2O3S2/c1-12-7-8-14(11-15(12)18)20(25(6,22)23)13(2)16(21)19-9-10-24-17(3,4)5/h7-8,11,13H,9-10H2,1-6H3,(H,19,21)/t13-/m0/s1. The topological polar surface area (TPSA) is 66.5 Å². The third-order valence-electron chi connectivity index (χ3n) is 3.43. The van der Waals surface area contributed by atoms with Crippen molar-refractivity contribution in [3.05, 3.63) is 28.8 Å². The summed E-state index contributed by atoms with van der Waals surface area (Å²) in [6, 6.07) is 4.09. The molecule has 1 atom stereocenters.